The average molecular weight is 1340 g/mol. The van der Waals surface area contributed by atoms with Crippen molar-refractivity contribution in [2.45, 2.75) is 79.1 Å². The molecule has 100 heavy (non-hydrogen) atoms. The number of aldehydes is 1. The van der Waals surface area contributed by atoms with E-state index >= 15 is 0 Å². The molecule has 1 amide bonds. The number of hydrogen-bond acceptors (Lipinski definition) is 21. The first kappa shape index (κ1) is 72.3. The SMILES string of the molecule is CNCCCc1ccc(-c2cc3c(nnn3C)c(C#N)n2)cc1C.Cc1cc(-c2cc3c(nnn3C)c(C#N)n2)ccc1CCC=O.Cc1cc(-c2cc3c(nnn3C)c(C#N)n2)ccc1CCCN(C)C(=O)CN(C)C.Cc1cc(-c2cc3c(nnn3C)c(C#N)n2)ccc1CCCO. The van der Waals surface area contributed by atoms with Gasteiger partial charge < -0.3 is 25.0 Å². The number of amides is 1. The number of nitriles is 4. The number of hydrogen-bond donors (Lipinski definition) is 2. The van der Waals surface area contributed by atoms with Crippen molar-refractivity contribution in [1.29, 1.82) is 21.0 Å². The standard InChI is InChI=1S/C22H27N7O.C18H20N6.C17H17N5O.C17H15N5O/c1-15-11-17(18-12-20-22(19(13-23)24-18)25-26-29(20)5)9-8-16(15)7-6-10-28(4)21(30)14-27(2)3;1-12-9-14(7-6-13(12)5-4-8-20-2)15-10-17-18(16(11-19)21-15)22-23-24(17)3;2*1-11-8-13(6-5-12(11)4-3-7-23)14-9-16-17(15(10-18)19-14)20-21-22(16)2/h8-9,11-12H,6-7,10,14H2,1-5H3;6-7,9-10,20H,4-5,8H2,1-3H3;5-6,8-9,23H,3-4,7H2,1-2H3;5-9H,3-4H2,1-2H3. The molecule has 0 bridgehead atoms. The monoisotopic (exact) mass is 1340 g/mol. The third-order valence-corrected chi connectivity index (χ3v) is 17.2. The van der Waals surface area contributed by atoms with Gasteiger partial charge in [-0.25, -0.2) is 38.7 Å². The Kier molecular flexibility index (Phi) is 24.1. The second-order valence-corrected chi connectivity index (χ2v) is 24.7. The Bertz CT molecular complexity index is 5150. The lowest BCUT2D eigenvalue weighted by Gasteiger charge is -2.19. The number of fused-ring (bicyclic) bond motifs is 4. The van der Waals surface area contributed by atoms with Gasteiger partial charge in [-0.1, -0.05) is 69.4 Å². The number of nitrogens with one attached hydrogen (secondary N) is 1. The van der Waals surface area contributed by atoms with Crippen molar-refractivity contribution in [3.63, 3.8) is 0 Å². The molecular formula is C74H79N23O3. The fraction of sp³-hybridized carbons (Fsp3) is 0.324. The Labute approximate surface area is 579 Å². The number of pyridine rings is 4. The number of likely N-dealkylation sites (N-methyl/N-ethyl adjacent to an activating group) is 2. The lowest BCUT2D eigenvalue weighted by Crippen LogP contribution is -2.35. The molecule has 26 heteroatoms. The van der Waals surface area contributed by atoms with Crippen LogP contribution in [0.3, 0.4) is 0 Å². The summed E-state index contributed by atoms with van der Waals surface area (Å²) in [5.74, 6) is 0.131. The lowest BCUT2D eigenvalue weighted by atomic mass is 9.99. The molecule has 0 aliphatic heterocycles. The molecule has 8 heterocycles. The van der Waals surface area contributed by atoms with Gasteiger partial charge in [-0.3, -0.25) is 4.79 Å². The molecule has 0 saturated heterocycles. The van der Waals surface area contributed by atoms with Gasteiger partial charge in [0.1, 0.15) is 52.6 Å². The van der Waals surface area contributed by atoms with Gasteiger partial charge in [-0.2, -0.15) is 21.0 Å². The summed E-state index contributed by atoms with van der Waals surface area (Å²) in [5, 5.41) is 81.4. The van der Waals surface area contributed by atoms with Crippen LogP contribution >= 0.6 is 0 Å². The molecule has 8 aromatic heterocycles. The number of carbonyl (C=O) groups excluding carboxylic acids is 2. The Morgan fingerprint density at radius 2 is 0.790 bits per heavy atom. The largest absolute Gasteiger partial charge is 0.396 e. The van der Waals surface area contributed by atoms with Gasteiger partial charge in [-0.15, -0.1) is 20.4 Å². The highest BCUT2D eigenvalue weighted by molar-refractivity contribution is 5.87. The maximum atomic E-state index is 12.1. The Hall–Kier alpha value is -11.9. The summed E-state index contributed by atoms with van der Waals surface area (Å²) in [4.78, 5) is 44.0. The topological polar surface area (TPSA) is 342 Å². The molecule has 26 nitrogen and oxygen atoms in total. The first-order valence-corrected chi connectivity index (χ1v) is 32.6. The maximum absolute atomic E-state index is 12.1. The van der Waals surface area contributed by atoms with Gasteiger partial charge in [0.2, 0.25) is 5.91 Å². The molecule has 0 spiro atoms. The van der Waals surface area contributed by atoms with E-state index in [9.17, 15) is 30.6 Å². The van der Waals surface area contributed by atoms with Crippen molar-refractivity contribution in [3.05, 3.63) is 164 Å². The number of carbonyl (C=O) groups is 2. The van der Waals surface area contributed by atoms with E-state index in [-0.39, 0.29) is 29.6 Å². The number of aryl methyl sites for hydroxylation is 12. The van der Waals surface area contributed by atoms with Crippen molar-refractivity contribution < 1.29 is 14.7 Å². The summed E-state index contributed by atoms with van der Waals surface area (Å²) in [6.07, 6.45) is 7.74. The van der Waals surface area contributed by atoms with Crippen LogP contribution in [0.2, 0.25) is 0 Å². The minimum Gasteiger partial charge on any atom is -0.396 e. The van der Waals surface area contributed by atoms with Crippen LogP contribution in [0.15, 0.2) is 97.1 Å². The lowest BCUT2D eigenvalue weighted by molar-refractivity contribution is -0.130. The molecule has 12 rings (SSSR count). The van der Waals surface area contributed by atoms with E-state index in [1.807, 2.05) is 109 Å². The Morgan fingerprint density at radius 3 is 1.07 bits per heavy atom. The van der Waals surface area contributed by atoms with Gasteiger partial charge in [0.15, 0.2) is 22.8 Å². The Morgan fingerprint density at radius 1 is 0.480 bits per heavy atom. The smallest absolute Gasteiger partial charge is 0.236 e. The van der Waals surface area contributed by atoms with Gasteiger partial charge in [0, 0.05) is 77.1 Å². The van der Waals surface area contributed by atoms with Crippen molar-refractivity contribution >= 4 is 56.3 Å². The van der Waals surface area contributed by atoms with Crippen molar-refractivity contribution in [3.8, 4) is 69.3 Å². The first-order chi connectivity index (χ1) is 48.2. The molecule has 0 aliphatic carbocycles. The summed E-state index contributed by atoms with van der Waals surface area (Å²) in [6.45, 7) is 10.6. The van der Waals surface area contributed by atoms with E-state index in [0.29, 0.717) is 46.4 Å². The number of aliphatic hydroxyl groups excluding tert-OH is 1. The molecule has 0 fully saturated rings. The van der Waals surface area contributed by atoms with Crippen LogP contribution in [0.4, 0.5) is 0 Å². The first-order valence-electron chi connectivity index (χ1n) is 32.6. The van der Waals surface area contributed by atoms with Crippen molar-refractivity contribution in [2.24, 2.45) is 28.2 Å². The van der Waals surface area contributed by atoms with Crippen LogP contribution in [0.25, 0.3) is 89.2 Å². The van der Waals surface area contributed by atoms with E-state index in [1.54, 1.807) is 44.8 Å². The summed E-state index contributed by atoms with van der Waals surface area (Å²) < 4.78 is 6.59. The highest BCUT2D eigenvalue weighted by Crippen LogP contribution is 2.30. The zero-order chi connectivity index (χ0) is 71.7. The zero-order valence-electron chi connectivity index (χ0n) is 58.4. The third-order valence-electron chi connectivity index (χ3n) is 17.2. The van der Waals surface area contributed by atoms with E-state index in [2.05, 4.69) is 147 Å². The summed E-state index contributed by atoms with van der Waals surface area (Å²) in [7, 11) is 14.8. The van der Waals surface area contributed by atoms with Gasteiger partial charge in [-0.05, 0) is 193 Å². The quantitative estimate of drug-likeness (QED) is 0.0530. The number of rotatable bonds is 20. The van der Waals surface area contributed by atoms with Crippen LogP contribution in [0.5, 0.6) is 0 Å². The highest BCUT2D eigenvalue weighted by Gasteiger charge is 2.19. The van der Waals surface area contributed by atoms with Crippen LogP contribution in [0.1, 0.15) is 93.0 Å². The minimum atomic E-state index is 0.131. The van der Waals surface area contributed by atoms with E-state index in [1.165, 1.54) is 27.8 Å². The molecule has 508 valence electrons. The Balaban J connectivity index is 0.000000156. The van der Waals surface area contributed by atoms with Crippen LogP contribution in [-0.4, -0.2) is 161 Å². The number of nitrogens with zero attached hydrogens (tertiary/aromatic N) is 22. The van der Waals surface area contributed by atoms with Crippen LogP contribution in [-0.2, 0) is 63.5 Å². The molecule has 0 saturated carbocycles. The maximum Gasteiger partial charge on any atom is 0.236 e. The number of benzene rings is 4. The fourth-order valence-electron chi connectivity index (χ4n) is 11.5. The van der Waals surface area contributed by atoms with E-state index < -0.39 is 0 Å². The second kappa shape index (κ2) is 33.3. The highest BCUT2D eigenvalue weighted by atomic mass is 16.3. The fourth-order valence-corrected chi connectivity index (χ4v) is 11.5. The van der Waals surface area contributed by atoms with E-state index in [4.69, 9.17) is 5.11 Å². The molecule has 0 aliphatic rings. The molecule has 4 aromatic carbocycles. The normalized spacial score (nSPS) is 10.9. The molecule has 12 aromatic rings. The molecule has 2 N–H and O–H groups in total. The van der Waals surface area contributed by atoms with E-state index in [0.717, 1.165) is 142 Å². The number of aromatic nitrogens is 16. The summed E-state index contributed by atoms with van der Waals surface area (Å²) in [5.41, 5.74) is 22.8. The van der Waals surface area contributed by atoms with Gasteiger partial charge >= 0.3 is 0 Å². The van der Waals surface area contributed by atoms with Crippen LogP contribution in [0, 0.1) is 73.0 Å². The predicted octanol–water partition coefficient (Wildman–Crippen LogP) is 9.00. The summed E-state index contributed by atoms with van der Waals surface area (Å²) >= 11 is 0. The minimum absolute atomic E-state index is 0.131. The second-order valence-electron chi connectivity index (χ2n) is 24.7. The molecule has 0 unspecified atom stereocenters. The third kappa shape index (κ3) is 17.1. The zero-order valence-corrected chi connectivity index (χ0v) is 58.4. The molecular weight excluding hydrogens is 1260 g/mol. The molecule has 0 atom stereocenters. The number of aliphatic hydroxyl groups is 1. The van der Waals surface area contributed by atoms with Gasteiger partial charge in [0.05, 0.1) is 51.4 Å². The van der Waals surface area contributed by atoms with Crippen LogP contribution < -0.4 is 5.32 Å². The summed E-state index contributed by atoms with van der Waals surface area (Å²) in [6, 6.07) is 40.7. The predicted molar refractivity (Wildman–Crippen MR) is 381 cm³/mol. The van der Waals surface area contributed by atoms with Crippen molar-refractivity contribution in [1.82, 2.24) is 95.0 Å². The van der Waals surface area contributed by atoms with Gasteiger partial charge in [0.25, 0.3) is 0 Å². The average Bonchev–Trinajstić information content (AvgIpc) is 1.57. The van der Waals surface area contributed by atoms with Crippen molar-refractivity contribution in [2.75, 3.05) is 54.4 Å². The molecule has 0 radical (unpaired) electrons.